The maximum atomic E-state index is 10.6. The molecular formula is C29H28ClNO6S2. The third-order valence-corrected chi connectivity index (χ3v) is 8.24. The van der Waals surface area contributed by atoms with Gasteiger partial charge in [-0.3, -0.25) is 0 Å². The summed E-state index contributed by atoms with van der Waals surface area (Å²) in [5.41, 5.74) is 3.08. The molecule has 0 aliphatic heterocycles. The molecule has 0 fully saturated rings. The molecule has 4 rings (SSSR count). The van der Waals surface area contributed by atoms with Crippen molar-refractivity contribution in [1.29, 1.82) is 0 Å². The van der Waals surface area contributed by atoms with Gasteiger partial charge < -0.3 is 24.1 Å². The van der Waals surface area contributed by atoms with E-state index < -0.39 is 12.6 Å². The first-order chi connectivity index (χ1) is 19.0. The Bertz CT molecular complexity index is 1310. The zero-order valence-electron chi connectivity index (χ0n) is 21.5. The Morgan fingerprint density at radius 2 is 1.54 bits per heavy atom. The highest BCUT2D eigenvalue weighted by Crippen LogP contribution is 2.41. The van der Waals surface area contributed by atoms with E-state index in [1.165, 1.54) is 0 Å². The van der Waals surface area contributed by atoms with E-state index in [2.05, 4.69) is 12.1 Å². The molecule has 204 valence electrons. The van der Waals surface area contributed by atoms with Crippen LogP contribution in [0.4, 0.5) is 0 Å². The van der Waals surface area contributed by atoms with Gasteiger partial charge in [-0.2, -0.15) is 0 Å². The number of aromatic nitrogens is 1. The van der Waals surface area contributed by atoms with Crippen molar-refractivity contribution in [3.63, 3.8) is 0 Å². The molecule has 0 saturated carbocycles. The number of halogens is 1. The van der Waals surface area contributed by atoms with Crippen LogP contribution in [0, 0.1) is 0 Å². The molecular weight excluding hydrogens is 558 g/mol. The monoisotopic (exact) mass is 585 g/mol. The first-order valence-corrected chi connectivity index (χ1v) is 14.3. The predicted octanol–water partition coefficient (Wildman–Crippen LogP) is 7.56. The molecule has 0 aliphatic rings. The summed E-state index contributed by atoms with van der Waals surface area (Å²) in [4.78, 5) is 16.7. The normalized spacial score (nSPS) is 10.7. The van der Waals surface area contributed by atoms with E-state index in [1.54, 1.807) is 55.5 Å². The zero-order chi connectivity index (χ0) is 27.6. The lowest BCUT2D eigenvalue weighted by Crippen LogP contribution is -2.09. The number of thiazole rings is 1. The third-order valence-electron chi connectivity index (χ3n) is 5.61. The highest BCUT2D eigenvalue weighted by atomic mass is 35.5. The Hall–Kier alpha value is -3.40. The summed E-state index contributed by atoms with van der Waals surface area (Å²) in [6.07, 6.45) is 1.79. The molecule has 1 aromatic heterocycles. The highest BCUT2D eigenvalue weighted by molar-refractivity contribution is 8.01. The van der Waals surface area contributed by atoms with E-state index in [0.717, 1.165) is 56.1 Å². The predicted molar refractivity (Wildman–Crippen MR) is 156 cm³/mol. The van der Waals surface area contributed by atoms with Gasteiger partial charge in [-0.05, 0) is 79.1 Å². The summed E-state index contributed by atoms with van der Waals surface area (Å²) in [5, 5.41) is 9.10. The molecule has 0 amide bonds. The summed E-state index contributed by atoms with van der Waals surface area (Å²) in [7, 11) is 3.32. The van der Waals surface area contributed by atoms with Crippen LogP contribution in [0.2, 0.25) is 5.02 Å². The first kappa shape index (κ1) is 28.6. The number of hydrogen-bond acceptors (Lipinski definition) is 8. The second-order valence-electron chi connectivity index (χ2n) is 8.29. The molecule has 3 aromatic carbocycles. The molecule has 0 radical (unpaired) electrons. The standard InChI is InChI=1S/C29H28ClNO6S2/c1-34-21-9-5-19(6-10-21)27-28(20-7-11-22(35-2)12-8-20)39-29(31-27)38-16-4-3-15-36-25-14-13-23(17-24(25)30)37-18-26(32)33/h5-14,17H,3-4,15-16,18H2,1-2H3,(H,32,33). The second-order valence-corrected chi connectivity index (χ2v) is 11.0. The molecule has 0 bridgehead atoms. The number of carboxylic acid groups (broad SMARTS) is 1. The number of carbonyl (C=O) groups is 1. The van der Waals surface area contributed by atoms with Crippen molar-refractivity contribution in [1.82, 2.24) is 4.98 Å². The minimum Gasteiger partial charge on any atom is -0.497 e. The van der Waals surface area contributed by atoms with E-state index in [-0.39, 0.29) is 0 Å². The summed E-state index contributed by atoms with van der Waals surface area (Å²) in [6.45, 7) is 0.0954. The van der Waals surface area contributed by atoms with E-state index in [9.17, 15) is 4.79 Å². The number of benzene rings is 3. The number of ether oxygens (including phenoxy) is 4. The van der Waals surface area contributed by atoms with Gasteiger partial charge in [0, 0.05) is 17.4 Å². The van der Waals surface area contributed by atoms with Crippen molar-refractivity contribution in [2.45, 2.75) is 17.2 Å². The van der Waals surface area contributed by atoms with E-state index in [4.69, 9.17) is 40.6 Å². The number of methoxy groups -OCH3 is 2. The maximum Gasteiger partial charge on any atom is 0.341 e. The average Bonchev–Trinajstić information content (AvgIpc) is 3.38. The van der Waals surface area contributed by atoms with Crippen molar-refractivity contribution in [2.75, 3.05) is 33.2 Å². The van der Waals surface area contributed by atoms with Gasteiger partial charge >= 0.3 is 5.97 Å². The zero-order valence-corrected chi connectivity index (χ0v) is 23.9. The van der Waals surface area contributed by atoms with Crippen molar-refractivity contribution in [3.05, 3.63) is 71.8 Å². The lowest BCUT2D eigenvalue weighted by atomic mass is 10.1. The highest BCUT2D eigenvalue weighted by Gasteiger charge is 2.16. The van der Waals surface area contributed by atoms with Gasteiger partial charge in [0.25, 0.3) is 0 Å². The lowest BCUT2D eigenvalue weighted by molar-refractivity contribution is -0.139. The Balaban J connectivity index is 1.34. The van der Waals surface area contributed by atoms with Crippen molar-refractivity contribution in [2.24, 2.45) is 0 Å². The van der Waals surface area contributed by atoms with Crippen molar-refractivity contribution in [3.8, 4) is 44.7 Å². The molecule has 0 unspecified atom stereocenters. The molecule has 0 saturated heterocycles. The molecule has 10 heteroatoms. The van der Waals surface area contributed by atoms with Gasteiger partial charge in [0.15, 0.2) is 10.9 Å². The lowest BCUT2D eigenvalue weighted by Gasteiger charge is -2.09. The Kier molecular flexibility index (Phi) is 10.4. The minimum atomic E-state index is -1.05. The van der Waals surface area contributed by atoms with Crippen LogP contribution < -0.4 is 18.9 Å². The molecule has 0 spiro atoms. The number of nitrogens with zero attached hydrogens (tertiary/aromatic N) is 1. The van der Waals surface area contributed by atoms with Crippen LogP contribution in [0.5, 0.6) is 23.0 Å². The number of hydrogen-bond donors (Lipinski definition) is 1. The van der Waals surface area contributed by atoms with Crippen molar-refractivity contribution >= 4 is 40.7 Å². The topological polar surface area (TPSA) is 87.1 Å². The fourth-order valence-electron chi connectivity index (χ4n) is 3.62. The van der Waals surface area contributed by atoms with E-state index in [0.29, 0.717) is 23.1 Å². The van der Waals surface area contributed by atoms with Crippen LogP contribution in [0.15, 0.2) is 71.1 Å². The van der Waals surface area contributed by atoms with Gasteiger partial charge in [-0.1, -0.05) is 23.4 Å². The quantitative estimate of drug-likeness (QED) is 0.120. The summed E-state index contributed by atoms with van der Waals surface area (Å²) in [6, 6.07) is 20.9. The van der Waals surface area contributed by atoms with Gasteiger partial charge in [0.1, 0.15) is 23.0 Å². The van der Waals surface area contributed by atoms with Gasteiger partial charge in [-0.25, -0.2) is 9.78 Å². The second kappa shape index (κ2) is 14.1. The first-order valence-electron chi connectivity index (χ1n) is 12.2. The fraction of sp³-hybridized carbons (Fsp3) is 0.241. The van der Waals surface area contributed by atoms with Crippen LogP contribution in [0.3, 0.4) is 0 Å². The molecule has 1 heterocycles. The average molecular weight is 586 g/mol. The smallest absolute Gasteiger partial charge is 0.341 e. The van der Waals surface area contributed by atoms with E-state index in [1.807, 2.05) is 36.4 Å². The fourth-order valence-corrected chi connectivity index (χ4v) is 6.09. The molecule has 4 aromatic rings. The van der Waals surface area contributed by atoms with E-state index >= 15 is 0 Å². The van der Waals surface area contributed by atoms with Crippen LogP contribution in [-0.2, 0) is 4.79 Å². The number of aliphatic carboxylic acids is 1. The van der Waals surface area contributed by atoms with Crippen LogP contribution in [-0.4, -0.2) is 49.2 Å². The van der Waals surface area contributed by atoms with Gasteiger partial charge in [0.2, 0.25) is 0 Å². The Morgan fingerprint density at radius 3 is 2.15 bits per heavy atom. The number of unbranched alkanes of at least 4 members (excludes halogenated alkanes) is 1. The Labute approximate surface area is 240 Å². The number of carboxylic acids is 1. The minimum absolute atomic E-state index is 0.382. The van der Waals surface area contributed by atoms with Gasteiger partial charge in [-0.15, -0.1) is 11.3 Å². The van der Waals surface area contributed by atoms with Gasteiger partial charge in [0.05, 0.1) is 36.4 Å². The van der Waals surface area contributed by atoms with Crippen LogP contribution in [0.1, 0.15) is 12.8 Å². The number of rotatable bonds is 14. The molecule has 1 N–H and O–H groups in total. The third kappa shape index (κ3) is 8.05. The van der Waals surface area contributed by atoms with Crippen LogP contribution in [0.25, 0.3) is 21.7 Å². The molecule has 0 atom stereocenters. The number of thioether (sulfide) groups is 1. The molecule has 7 nitrogen and oxygen atoms in total. The summed E-state index contributed by atoms with van der Waals surface area (Å²) < 4.78 is 22.6. The van der Waals surface area contributed by atoms with Crippen LogP contribution >= 0.6 is 34.7 Å². The largest absolute Gasteiger partial charge is 0.497 e. The molecule has 0 aliphatic carbocycles. The SMILES string of the molecule is COc1ccc(-c2nc(SCCCCOc3ccc(OCC(=O)O)cc3Cl)sc2-c2ccc(OC)cc2)cc1. The van der Waals surface area contributed by atoms with Crippen molar-refractivity contribution < 1.29 is 28.8 Å². The Morgan fingerprint density at radius 1 is 0.897 bits per heavy atom. The molecule has 39 heavy (non-hydrogen) atoms. The summed E-state index contributed by atoms with van der Waals surface area (Å²) in [5.74, 6) is 2.40. The maximum absolute atomic E-state index is 10.6. The summed E-state index contributed by atoms with van der Waals surface area (Å²) >= 11 is 9.65.